The van der Waals surface area contributed by atoms with Crippen molar-refractivity contribution < 1.29 is 4.42 Å². The van der Waals surface area contributed by atoms with Crippen LogP contribution in [0.25, 0.3) is 55.9 Å². The second kappa shape index (κ2) is 13.8. The number of para-hydroxylation sites is 3. The quantitative estimate of drug-likeness (QED) is 0.161. The standard InChI is InChI=1S/C49H42N2O/c1-34-14-13-21-46-47(34)52-48(50-46)38-25-23-36(24-26-38)42-19-11-12-20-44(42)45-32-35(33-49(2,3)4)22-31-43(45)37-27-29-41(30-28-37)51(39-15-7-5-8-16-39)40-17-9-6-10-18-40/h5-32H,33H2,1-4H3. The molecule has 0 amide bonds. The Balaban J connectivity index is 1.20. The molecule has 3 heteroatoms. The van der Waals surface area contributed by atoms with Gasteiger partial charge in [-0.3, -0.25) is 0 Å². The van der Waals surface area contributed by atoms with Gasteiger partial charge in [0.2, 0.25) is 5.89 Å². The lowest BCUT2D eigenvalue weighted by molar-refractivity contribution is 0.411. The predicted octanol–water partition coefficient (Wildman–Crippen LogP) is 13.9. The Morgan fingerprint density at radius 3 is 1.65 bits per heavy atom. The number of anilines is 3. The van der Waals surface area contributed by atoms with E-state index in [1.165, 1.54) is 33.4 Å². The van der Waals surface area contributed by atoms with Gasteiger partial charge in [0.15, 0.2) is 5.58 Å². The van der Waals surface area contributed by atoms with Crippen molar-refractivity contribution in [2.75, 3.05) is 4.90 Å². The minimum Gasteiger partial charge on any atom is -0.436 e. The van der Waals surface area contributed by atoms with Crippen LogP contribution < -0.4 is 4.90 Å². The van der Waals surface area contributed by atoms with Crippen LogP contribution in [0.4, 0.5) is 17.1 Å². The largest absolute Gasteiger partial charge is 0.436 e. The maximum atomic E-state index is 6.20. The Morgan fingerprint density at radius 1 is 0.500 bits per heavy atom. The van der Waals surface area contributed by atoms with E-state index in [4.69, 9.17) is 9.40 Å². The number of fused-ring (bicyclic) bond motifs is 1. The lowest BCUT2D eigenvalue weighted by Gasteiger charge is -2.26. The molecule has 0 aliphatic carbocycles. The van der Waals surface area contributed by atoms with Crippen LogP contribution in [-0.4, -0.2) is 4.98 Å². The molecule has 0 saturated carbocycles. The number of aryl methyl sites for hydroxylation is 1. The molecule has 0 N–H and O–H groups in total. The topological polar surface area (TPSA) is 29.3 Å². The molecule has 8 aromatic rings. The molecule has 8 rings (SSSR count). The van der Waals surface area contributed by atoms with Gasteiger partial charge in [-0.1, -0.05) is 136 Å². The fraction of sp³-hybridized carbons (Fsp3) is 0.122. The molecule has 0 saturated heterocycles. The molecule has 7 aromatic carbocycles. The fourth-order valence-electron chi connectivity index (χ4n) is 7.15. The molecule has 0 unspecified atom stereocenters. The van der Waals surface area contributed by atoms with Crippen LogP contribution in [0.3, 0.4) is 0 Å². The number of aromatic nitrogens is 1. The van der Waals surface area contributed by atoms with Gasteiger partial charge in [0, 0.05) is 22.6 Å². The van der Waals surface area contributed by atoms with E-state index in [0.29, 0.717) is 5.89 Å². The minimum atomic E-state index is 0.164. The van der Waals surface area contributed by atoms with Gasteiger partial charge in [0.05, 0.1) is 0 Å². The minimum absolute atomic E-state index is 0.164. The zero-order valence-electron chi connectivity index (χ0n) is 30.2. The summed E-state index contributed by atoms with van der Waals surface area (Å²) in [5.41, 5.74) is 15.8. The number of oxazole rings is 1. The second-order valence-electron chi connectivity index (χ2n) is 14.7. The smallest absolute Gasteiger partial charge is 0.227 e. The van der Waals surface area contributed by atoms with Crippen LogP contribution in [0.1, 0.15) is 31.9 Å². The first-order chi connectivity index (χ1) is 25.3. The number of hydrogen-bond acceptors (Lipinski definition) is 3. The van der Waals surface area contributed by atoms with Crippen molar-refractivity contribution in [2.24, 2.45) is 5.41 Å². The Kier molecular flexibility index (Phi) is 8.78. The van der Waals surface area contributed by atoms with Gasteiger partial charge in [0.1, 0.15) is 5.52 Å². The van der Waals surface area contributed by atoms with Gasteiger partial charge >= 0.3 is 0 Å². The molecule has 0 spiro atoms. The first kappa shape index (κ1) is 33.0. The Labute approximate surface area is 306 Å². The van der Waals surface area contributed by atoms with Crippen LogP contribution in [-0.2, 0) is 6.42 Å². The maximum absolute atomic E-state index is 6.20. The van der Waals surface area contributed by atoms with Crippen LogP contribution >= 0.6 is 0 Å². The first-order valence-corrected chi connectivity index (χ1v) is 18.0. The summed E-state index contributed by atoms with van der Waals surface area (Å²) in [6.07, 6.45) is 0.989. The highest BCUT2D eigenvalue weighted by atomic mass is 16.3. The molecule has 0 atom stereocenters. The van der Waals surface area contributed by atoms with Crippen molar-refractivity contribution in [3.63, 3.8) is 0 Å². The van der Waals surface area contributed by atoms with Gasteiger partial charge < -0.3 is 9.32 Å². The van der Waals surface area contributed by atoms with E-state index in [0.717, 1.165) is 51.3 Å². The Bertz CT molecular complexity index is 2410. The van der Waals surface area contributed by atoms with Crippen molar-refractivity contribution in [2.45, 2.75) is 34.1 Å². The van der Waals surface area contributed by atoms with E-state index in [1.807, 2.05) is 12.1 Å². The van der Waals surface area contributed by atoms with E-state index in [1.54, 1.807) is 0 Å². The van der Waals surface area contributed by atoms with Gasteiger partial charge in [-0.15, -0.1) is 0 Å². The molecule has 0 fully saturated rings. The third kappa shape index (κ3) is 6.78. The van der Waals surface area contributed by atoms with E-state index in [-0.39, 0.29) is 5.41 Å². The van der Waals surface area contributed by atoms with Crippen molar-refractivity contribution in [3.8, 4) is 44.8 Å². The third-order valence-electron chi connectivity index (χ3n) is 9.56. The van der Waals surface area contributed by atoms with E-state index in [9.17, 15) is 0 Å². The summed E-state index contributed by atoms with van der Waals surface area (Å²) < 4.78 is 6.20. The van der Waals surface area contributed by atoms with Crippen molar-refractivity contribution >= 4 is 28.2 Å². The highest BCUT2D eigenvalue weighted by molar-refractivity contribution is 5.93. The molecule has 1 heterocycles. The summed E-state index contributed by atoms with van der Waals surface area (Å²) in [5, 5.41) is 0. The van der Waals surface area contributed by atoms with Crippen molar-refractivity contribution in [1.82, 2.24) is 4.98 Å². The fourth-order valence-corrected chi connectivity index (χ4v) is 7.15. The maximum Gasteiger partial charge on any atom is 0.227 e. The second-order valence-corrected chi connectivity index (χ2v) is 14.7. The Hall–Kier alpha value is -6.19. The summed E-state index contributed by atoms with van der Waals surface area (Å²) in [6, 6.07) is 60.6. The summed E-state index contributed by atoms with van der Waals surface area (Å²) in [6.45, 7) is 8.97. The molecule has 0 radical (unpaired) electrons. The molecular formula is C49H42N2O. The number of hydrogen-bond donors (Lipinski definition) is 0. The summed E-state index contributed by atoms with van der Waals surface area (Å²) in [7, 11) is 0. The Morgan fingerprint density at radius 2 is 1.04 bits per heavy atom. The van der Waals surface area contributed by atoms with Crippen LogP contribution in [0, 0.1) is 12.3 Å². The number of benzene rings is 7. The zero-order chi connectivity index (χ0) is 35.7. The number of nitrogens with zero attached hydrogens (tertiary/aromatic N) is 2. The van der Waals surface area contributed by atoms with E-state index >= 15 is 0 Å². The number of rotatable bonds is 8. The first-order valence-electron chi connectivity index (χ1n) is 18.0. The SMILES string of the molecule is Cc1cccc2nc(-c3ccc(-c4ccccc4-c4cc(CC(C)(C)C)ccc4-c4ccc(N(c5ccccc5)c5ccccc5)cc4)cc3)oc12. The predicted molar refractivity (Wildman–Crippen MR) is 218 cm³/mol. The molecule has 1 aromatic heterocycles. The highest BCUT2D eigenvalue weighted by Gasteiger charge is 2.19. The van der Waals surface area contributed by atoms with Crippen molar-refractivity contribution in [3.05, 3.63) is 181 Å². The molecule has 0 bridgehead atoms. The molecule has 52 heavy (non-hydrogen) atoms. The van der Waals surface area contributed by atoms with Gasteiger partial charge in [-0.2, -0.15) is 0 Å². The van der Waals surface area contributed by atoms with Crippen molar-refractivity contribution in [1.29, 1.82) is 0 Å². The normalized spacial score (nSPS) is 11.5. The van der Waals surface area contributed by atoms with Gasteiger partial charge in [-0.25, -0.2) is 4.98 Å². The molecule has 0 aliphatic heterocycles. The lowest BCUT2D eigenvalue weighted by atomic mass is 9.84. The molecule has 254 valence electrons. The highest BCUT2D eigenvalue weighted by Crippen LogP contribution is 2.42. The summed E-state index contributed by atoms with van der Waals surface area (Å²) >= 11 is 0. The molecule has 3 nitrogen and oxygen atoms in total. The third-order valence-corrected chi connectivity index (χ3v) is 9.56. The zero-order valence-corrected chi connectivity index (χ0v) is 30.2. The van der Waals surface area contributed by atoms with Gasteiger partial charge in [0.25, 0.3) is 0 Å². The molecular weight excluding hydrogens is 633 g/mol. The van der Waals surface area contributed by atoms with Gasteiger partial charge in [-0.05, 0) is 118 Å². The van der Waals surface area contributed by atoms with Crippen LogP contribution in [0.5, 0.6) is 0 Å². The van der Waals surface area contributed by atoms with Crippen LogP contribution in [0.15, 0.2) is 174 Å². The molecule has 0 aliphatic rings. The average Bonchev–Trinajstić information content (AvgIpc) is 3.62. The van der Waals surface area contributed by atoms with E-state index in [2.05, 4.69) is 190 Å². The van der Waals surface area contributed by atoms with Crippen LogP contribution in [0.2, 0.25) is 0 Å². The average molecular weight is 675 g/mol. The summed E-state index contributed by atoms with van der Waals surface area (Å²) in [4.78, 5) is 7.08. The monoisotopic (exact) mass is 674 g/mol. The van der Waals surface area contributed by atoms with E-state index < -0.39 is 0 Å². The lowest BCUT2D eigenvalue weighted by Crippen LogP contribution is -2.09. The summed E-state index contributed by atoms with van der Waals surface area (Å²) in [5.74, 6) is 0.642.